The molecule has 1 amide bonds. The second-order valence-electron chi connectivity index (χ2n) is 5.74. The van der Waals surface area contributed by atoms with Gasteiger partial charge in [-0.2, -0.15) is 10.5 Å². The zero-order valence-corrected chi connectivity index (χ0v) is 16.6. The van der Waals surface area contributed by atoms with Gasteiger partial charge in [-0.15, -0.1) is 0 Å². The van der Waals surface area contributed by atoms with Gasteiger partial charge in [0.25, 0.3) is 5.91 Å². The second-order valence-corrected chi connectivity index (χ2v) is 6.60. The van der Waals surface area contributed by atoms with Crippen molar-refractivity contribution < 1.29 is 19.1 Å². The van der Waals surface area contributed by atoms with E-state index in [-0.39, 0.29) is 5.57 Å². The molecule has 0 atom stereocenters. The number of methoxy groups -OCH3 is 1. The van der Waals surface area contributed by atoms with Crippen molar-refractivity contribution in [2.45, 2.75) is 11.8 Å². The van der Waals surface area contributed by atoms with Crippen molar-refractivity contribution >= 4 is 35.4 Å². The number of thiocyanates is 1. The number of amides is 1. The van der Waals surface area contributed by atoms with Crippen molar-refractivity contribution in [1.82, 2.24) is 0 Å². The summed E-state index contributed by atoms with van der Waals surface area (Å²) in [5.41, 5.74) is 1.70. The van der Waals surface area contributed by atoms with Gasteiger partial charge in [-0.25, -0.2) is 4.79 Å². The van der Waals surface area contributed by atoms with Gasteiger partial charge in [-0.1, -0.05) is 12.1 Å². The van der Waals surface area contributed by atoms with E-state index in [0.717, 1.165) is 22.2 Å². The molecule has 0 aliphatic heterocycles. The third-order valence-corrected chi connectivity index (χ3v) is 4.32. The number of rotatable bonds is 7. The van der Waals surface area contributed by atoms with Gasteiger partial charge in [-0.3, -0.25) is 4.79 Å². The predicted molar refractivity (Wildman–Crippen MR) is 109 cm³/mol. The number of nitrogens with zero attached hydrogens (tertiary/aromatic N) is 2. The molecule has 0 spiro atoms. The van der Waals surface area contributed by atoms with E-state index in [1.165, 1.54) is 13.2 Å². The molecule has 8 heteroatoms. The number of aryl methyl sites for hydroxylation is 1. The fourth-order valence-electron chi connectivity index (χ4n) is 2.29. The van der Waals surface area contributed by atoms with E-state index in [1.54, 1.807) is 55.5 Å². The van der Waals surface area contributed by atoms with Crippen molar-refractivity contribution in [1.29, 1.82) is 10.5 Å². The van der Waals surface area contributed by atoms with Crippen LogP contribution in [0.4, 0.5) is 5.69 Å². The van der Waals surface area contributed by atoms with Crippen molar-refractivity contribution in [2.24, 2.45) is 0 Å². The van der Waals surface area contributed by atoms with Crippen molar-refractivity contribution in [3.05, 3.63) is 59.2 Å². The maximum absolute atomic E-state index is 12.1. The van der Waals surface area contributed by atoms with Gasteiger partial charge in [0.15, 0.2) is 6.61 Å². The van der Waals surface area contributed by atoms with Crippen LogP contribution in [0.3, 0.4) is 0 Å². The van der Waals surface area contributed by atoms with E-state index in [4.69, 9.17) is 14.7 Å². The van der Waals surface area contributed by atoms with Crippen LogP contribution in [0.15, 0.2) is 52.9 Å². The summed E-state index contributed by atoms with van der Waals surface area (Å²) in [6.07, 6.45) is 1.37. The van der Waals surface area contributed by atoms with Gasteiger partial charge in [0.05, 0.1) is 7.11 Å². The smallest absolute Gasteiger partial charge is 0.349 e. The molecule has 7 nitrogen and oxygen atoms in total. The summed E-state index contributed by atoms with van der Waals surface area (Å²) < 4.78 is 9.99. The van der Waals surface area contributed by atoms with E-state index in [2.05, 4.69) is 5.32 Å². The third-order valence-electron chi connectivity index (χ3n) is 3.74. The molecule has 0 radical (unpaired) electrons. The number of carbonyl (C=O) groups is 2. The number of thioether (sulfide) groups is 1. The summed E-state index contributed by atoms with van der Waals surface area (Å²) in [6.45, 7) is 1.25. The Hall–Kier alpha value is -3.75. The standard InChI is InChI=1S/C21H17N3O4S/c1-14-9-18(29-13-23)7-8-19(14)24-20(25)12-28-21(26)16(11-22)10-15-3-5-17(27-2)6-4-15/h3-10H,12H2,1-2H3,(H,24,25)/b16-10+. The second kappa shape index (κ2) is 10.5. The van der Waals surface area contributed by atoms with Crippen LogP contribution in [0, 0.1) is 28.9 Å². The minimum atomic E-state index is -0.893. The monoisotopic (exact) mass is 407 g/mol. The lowest BCUT2D eigenvalue weighted by Gasteiger charge is -2.09. The first-order chi connectivity index (χ1) is 14.0. The van der Waals surface area contributed by atoms with Crippen LogP contribution in [-0.4, -0.2) is 25.6 Å². The molecule has 0 saturated carbocycles. The molecule has 2 rings (SSSR count). The summed E-state index contributed by atoms with van der Waals surface area (Å²) in [6, 6.07) is 13.7. The van der Waals surface area contributed by atoms with E-state index in [1.807, 2.05) is 5.40 Å². The molecular weight excluding hydrogens is 390 g/mol. The minimum Gasteiger partial charge on any atom is -0.497 e. The van der Waals surface area contributed by atoms with E-state index in [9.17, 15) is 14.9 Å². The van der Waals surface area contributed by atoms with Crippen LogP contribution in [-0.2, 0) is 14.3 Å². The Morgan fingerprint density at radius 2 is 1.90 bits per heavy atom. The molecule has 29 heavy (non-hydrogen) atoms. The van der Waals surface area contributed by atoms with Crippen LogP contribution in [0.25, 0.3) is 6.08 Å². The fraction of sp³-hybridized carbons (Fsp3) is 0.143. The maximum atomic E-state index is 12.1. The van der Waals surface area contributed by atoms with Gasteiger partial charge in [-0.05, 0) is 66.2 Å². The summed E-state index contributed by atoms with van der Waals surface area (Å²) in [5, 5.41) is 22.5. The number of carbonyl (C=O) groups excluding carboxylic acids is 2. The molecule has 146 valence electrons. The predicted octanol–water partition coefficient (Wildman–Crippen LogP) is 3.67. The van der Waals surface area contributed by atoms with Crippen molar-refractivity contribution in [3.63, 3.8) is 0 Å². The number of nitriles is 2. The van der Waals surface area contributed by atoms with Crippen LogP contribution < -0.4 is 10.1 Å². The molecule has 0 aliphatic rings. The lowest BCUT2D eigenvalue weighted by Crippen LogP contribution is -2.21. The number of hydrogen-bond acceptors (Lipinski definition) is 7. The Kier molecular flexibility index (Phi) is 7.84. The number of benzene rings is 2. The fourth-order valence-corrected chi connectivity index (χ4v) is 2.77. The summed E-state index contributed by atoms with van der Waals surface area (Å²) in [7, 11) is 1.54. The van der Waals surface area contributed by atoms with E-state index < -0.39 is 18.5 Å². The Morgan fingerprint density at radius 1 is 1.17 bits per heavy atom. The van der Waals surface area contributed by atoms with Crippen LogP contribution >= 0.6 is 11.8 Å². The number of nitrogens with one attached hydrogen (secondary N) is 1. The Morgan fingerprint density at radius 3 is 2.48 bits per heavy atom. The van der Waals surface area contributed by atoms with Crippen LogP contribution in [0.2, 0.25) is 0 Å². The van der Waals surface area contributed by atoms with Gasteiger partial charge in [0.1, 0.15) is 22.8 Å². The summed E-state index contributed by atoms with van der Waals surface area (Å²) in [5.74, 6) is -0.783. The highest BCUT2D eigenvalue weighted by Crippen LogP contribution is 2.23. The maximum Gasteiger partial charge on any atom is 0.349 e. The number of hydrogen-bond donors (Lipinski definition) is 1. The van der Waals surface area contributed by atoms with Gasteiger partial charge in [0.2, 0.25) is 0 Å². The van der Waals surface area contributed by atoms with Gasteiger partial charge < -0.3 is 14.8 Å². The largest absolute Gasteiger partial charge is 0.497 e. The molecular formula is C21H17N3O4S. The number of esters is 1. The number of anilines is 1. The molecule has 2 aromatic rings. The first-order valence-electron chi connectivity index (χ1n) is 8.36. The minimum absolute atomic E-state index is 0.225. The topological polar surface area (TPSA) is 112 Å². The highest BCUT2D eigenvalue weighted by molar-refractivity contribution is 8.03. The summed E-state index contributed by atoms with van der Waals surface area (Å²) in [4.78, 5) is 24.9. The SMILES string of the molecule is COc1ccc(/C=C(\C#N)C(=O)OCC(=O)Nc2ccc(SC#N)cc2C)cc1. The van der Waals surface area contributed by atoms with Crippen molar-refractivity contribution in [2.75, 3.05) is 19.0 Å². The molecule has 0 unspecified atom stereocenters. The zero-order valence-electron chi connectivity index (χ0n) is 15.8. The Balaban J connectivity index is 1.96. The first-order valence-corrected chi connectivity index (χ1v) is 9.18. The molecule has 0 aliphatic carbocycles. The van der Waals surface area contributed by atoms with E-state index >= 15 is 0 Å². The Bertz CT molecular complexity index is 1020. The zero-order chi connectivity index (χ0) is 21.2. The molecule has 1 N–H and O–H groups in total. The molecule has 2 aromatic carbocycles. The highest BCUT2D eigenvalue weighted by atomic mass is 32.2. The van der Waals surface area contributed by atoms with Gasteiger partial charge >= 0.3 is 5.97 Å². The Labute approximate surface area is 172 Å². The van der Waals surface area contributed by atoms with Crippen molar-refractivity contribution in [3.8, 4) is 17.2 Å². The normalized spacial score (nSPS) is 10.4. The quantitative estimate of drug-likeness (QED) is 0.245. The molecule has 0 saturated heterocycles. The third kappa shape index (κ3) is 6.42. The lowest BCUT2D eigenvalue weighted by atomic mass is 10.1. The summed E-state index contributed by atoms with van der Waals surface area (Å²) >= 11 is 1.02. The first kappa shape index (κ1) is 21.5. The van der Waals surface area contributed by atoms with Gasteiger partial charge in [0, 0.05) is 10.6 Å². The molecule has 0 fully saturated rings. The lowest BCUT2D eigenvalue weighted by molar-refractivity contribution is -0.142. The molecule has 0 heterocycles. The molecule has 0 aromatic heterocycles. The molecule has 0 bridgehead atoms. The van der Waals surface area contributed by atoms with E-state index in [0.29, 0.717) is 17.0 Å². The average Bonchev–Trinajstić information content (AvgIpc) is 2.73. The van der Waals surface area contributed by atoms with Crippen LogP contribution in [0.1, 0.15) is 11.1 Å². The average molecular weight is 407 g/mol. The van der Waals surface area contributed by atoms with Crippen LogP contribution in [0.5, 0.6) is 5.75 Å². The number of ether oxygens (including phenoxy) is 2. The highest BCUT2D eigenvalue weighted by Gasteiger charge is 2.14.